The number of nitrogens with zero attached hydrogens (tertiary/aromatic N) is 1. The highest BCUT2D eigenvalue weighted by Crippen LogP contribution is 2.28. The van der Waals surface area contributed by atoms with Crippen molar-refractivity contribution < 1.29 is 14.3 Å². The summed E-state index contributed by atoms with van der Waals surface area (Å²) in [7, 11) is 3.20. The third-order valence-electron chi connectivity index (χ3n) is 5.14. The molecule has 27 heavy (non-hydrogen) atoms. The highest BCUT2D eigenvalue weighted by Gasteiger charge is 2.23. The largest absolute Gasteiger partial charge is 0.493 e. The average Bonchev–Trinajstić information content (AvgIpc) is 3.15. The molecule has 0 bridgehead atoms. The Hall–Kier alpha value is -2.69. The highest BCUT2D eigenvalue weighted by atomic mass is 16.5. The van der Waals surface area contributed by atoms with E-state index in [-0.39, 0.29) is 5.91 Å². The standard InChI is InChI=1S/C22H28N2O3/c1-16-6-4-5-7-19(16)24-11-10-18(15-24)14-23-22(25)13-17-8-9-20(26-2)21(12-17)27-3/h4-9,12,18H,10-11,13-15H2,1-3H3,(H,23,25)/t18-/m1/s1. The van der Waals surface area contributed by atoms with Gasteiger partial charge < -0.3 is 19.7 Å². The molecule has 1 atom stereocenters. The number of hydrogen-bond donors (Lipinski definition) is 1. The molecule has 0 aliphatic carbocycles. The quantitative estimate of drug-likeness (QED) is 0.815. The number of benzene rings is 2. The number of carbonyl (C=O) groups is 1. The van der Waals surface area contributed by atoms with E-state index in [1.165, 1.54) is 11.3 Å². The van der Waals surface area contributed by atoms with E-state index >= 15 is 0 Å². The van der Waals surface area contributed by atoms with Gasteiger partial charge in [0.2, 0.25) is 5.91 Å². The Kier molecular flexibility index (Phi) is 6.22. The first kappa shape index (κ1) is 19.1. The second-order valence-electron chi connectivity index (χ2n) is 7.06. The number of ether oxygens (including phenoxy) is 2. The lowest BCUT2D eigenvalue weighted by Crippen LogP contribution is -2.32. The fourth-order valence-electron chi connectivity index (χ4n) is 3.63. The fourth-order valence-corrected chi connectivity index (χ4v) is 3.63. The zero-order chi connectivity index (χ0) is 19.2. The van der Waals surface area contributed by atoms with Crippen molar-refractivity contribution in [3.05, 3.63) is 53.6 Å². The van der Waals surface area contributed by atoms with Gasteiger partial charge in [-0.25, -0.2) is 0 Å². The molecule has 1 aliphatic heterocycles. The Morgan fingerprint density at radius 3 is 2.67 bits per heavy atom. The molecule has 2 aromatic rings. The molecule has 1 amide bonds. The summed E-state index contributed by atoms with van der Waals surface area (Å²) >= 11 is 0. The molecule has 0 saturated carbocycles. The Bertz CT molecular complexity index is 791. The van der Waals surface area contributed by atoms with Gasteiger partial charge in [0.15, 0.2) is 11.5 Å². The molecular formula is C22H28N2O3. The van der Waals surface area contributed by atoms with Gasteiger partial charge in [0.1, 0.15) is 0 Å². The van der Waals surface area contributed by atoms with Crippen LogP contribution < -0.4 is 19.7 Å². The summed E-state index contributed by atoms with van der Waals surface area (Å²) < 4.78 is 10.5. The number of carbonyl (C=O) groups excluding carboxylic acids is 1. The van der Waals surface area contributed by atoms with Gasteiger partial charge in [0, 0.05) is 25.3 Å². The minimum absolute atomic E-state index is 0.0385. The molecule has 1 fully saturated rings. The van der Waals surface area contributed by atoms with E-state index in [1.54, 1.807) is 14.2 Å². The first-order chi connectivity index (χ1) is 13.1. The van der Waals surface area contributed by atoms with Crippen LogP contribution in [0, 0.1) is 12.8 Å². The van der Waals surface area contributed by atoms with Crippen LogP contribution in [0.5, 0.6) is 11.5 Å². The molecule has 1 saturated heterocycles. The van der Waals surface area contributed by atoms with E-state index < -0.39 is 0 Å². The molecule has 1 aliphatic rings. The minimum Gasteiger partial charge on any atom is -0.493 e. The zero-order valence-electron chi connectivity index (χ0n) is 16.3. The third-order valence-corrected chi connectivity index (χ3v) is 5.14. The first-order valence-corrected chi connectivity index (χ1v) is 9.39. The molecule has 1 N–H and O–H groups in total. The number of anilines is 1. The minimum atomic E-state index is 0.0385. The Morgan fingerprint density at radius 2 is 1.93 bits per heavy atom. The van der Waals surface area contributed by atoms with Crippen LogP contribution in [0.1, 0.15) is 17.5 Å². The molecule has 0 radical (unpaired) electrons. The Morgan fingerprint density at radius 1 is 1.15 bits per heavy atom. The van der Waals surface area contributed by atoms with Crippen LogP contribution in [0.3, 0.4) is 0 Å². The molecule has 1 heterocycles. The van der Waals surface area contributed by atoms with Crippen LogP contribution in [0.2, 0.25) is 0 Å². The summed E-state index contributed by atoms with van der Waals surface area (Å²) in [5.41, 5.74) is 3.52. The summed E-state index contributed by atoms with van der Waals surface area (Å²) in [6.07, 6.45) is 1.44. The summed E-state index contributed by atoms with van der Waals surface area (Å²) in [5.74, 6) is 1.84. The molecule has 5 heteroatoms. The number of hydrogen-bond acceptors (Lipinski definition) is 4. The highest BCUT2D eigenvalue weighted by molar-refractivity contribution is 5.78. The van der Waals surface area contributed by atoms with Gasteiger partial charge >= 0.3 is 0 Å². The monoisotopic (exact) mass is 368 g/mol. The molecular weight excluding hydrogens is 340 g/mol. The number of methoxy groups -OCH3 is 2. The van der Waals surface area contributed by atoms with Gasteiger partial charge in [-0.2, -0.15) is 0 Å². The Labute approximate surface area is 161 Å². The number of rotatable bonds is 7. The molecule has 0 aromatic heterocycles. The molecule has 3 rings (SSSR count). The number of para-hydroxylation sites is 1. The lowest BCUT2D eigenvalue weighted by molar-refractivity contribution is -0.120. The van der Waals surface area contributed by atoms with Gasteiger partial charge in [0.25, 0.3) is 0 Å². The number of nitrogens with one attached hydrogen (secondary N) is 1. The fraction of sp³-hybridized carbons (Fsp3) is 0.409. The predicted molar refractivity (Wildman–Crippen MR) is 108 cm³/mol. The van der Waals surface area contributed by atoms with Crippen molar-refractivity contribution in [2.24, 2.45) is 5.92 Å². The zero-order valence-corrected chi connectivity index (χ0v) is 16.3. The first-order valence-electron chi connectivity index (χ1n) is 9.39. The molecule has 144 valence electrons. The van der Waals surface area contributed by atoms with Gasteiger partial charge in [-0.3, -0.25) is 4.79 Å². The van der Waals surface area contributed by atoms with Crippen molar-refractivity contribution in [1.82, 2.24) is 5.32 Å². The van der Waals surface area contributed by atoms with Crippen molar-refractivity contribution in [3.63, 3.8) is 0 Å². The van der Waals surface area contributed by atoms with Crippen LogP contribution in [0.4, 0.5) is 5.69 Å². The third kappa shape index (κ3) is 4.73. The summed E-state index contributed by atoms with van der Waals surface area (Å²) in [6.45, 7) is 4.89. The molecule has 2 aromatic carbocycles. The second-order valence-corrected chi connectivity index (χ2v) is 7.06. The van der Waals surface area contributed by atoms with Crippen LogP contribution in [-0.4, -0.2) is 39.8 Å². The van der Waals surface area contributed by atoms with Crippen LogP contribution in [0.15, 0.2) is 42.5 Å². The summed E-state index contributed by atoms with van der Waals surface area (Å²) in [4.78, 5) is 14.7. The van der Waals surface area contributed by atoms with Crippen molar-refractivity contribution in [1.29, 1.82) is 0 Å². The number of aryl methyl sites for hydroxylation is 1. The lowest BCUT2D eigenvalue weighted by Gasteiger charge is -2.21. The summed E-state index contributed by atoms with van der Waals surface area (Å²) in [6, 6.07) is 14.1. The van der Waals surface area contributed by atoms with Crippen molar-refractivity contribution >= 4 is 11.6 Å². The van der Waals surface area contributed by atoms with E-state index in [0.29, 0.717) is 30.4 Å². The average molecular weight is 368 g/mol. The molecule has 5 nitrogen and oxygen atoms in total. The van der Waals surface area contributed by atoms with Crippen molar-refractivity contribution in [2.75, 3.05) is 38.8 Å². The molecule has 0 spiro atoms. The smallest absolute Gasteiger partial charge is 0.224 e. The van der Waals surface area contributed by atoms with Crippen molar-refractivity contribution in [3.8, 4) is 11.5 Å². The van der Waals surface area contributed by atoms with Crippen LogP contribution in [0.25, 0.3) is 0 Å². The van der Waals surface area contributed by atoms with Crippen LogP contribution >= 0.6 is 0 Å². The van der Waals surface area contributed by atoms with E-state index in [9.17, 15) is 4.79 Å². The molecule has 0 unspecified atom stereocenters. The Balaban J connectivity index is 1.49. The number of amides is 1. The maximum Gasteiger partial charge on any atom is 0.224 e. The van der Waals surface area contributed by atoms with E-state index in [0.717, 1.165) is 25.1 Å². The van der Waals surface area contributed by atoms with E-state index in [1.807, 2.05) is 18.2 Å². The lowest BCUT2D eigenvalue weighted by atomic mass is 10.1. The topological polar surface area (TPSA) is 50.8 Å². The van der Waals surface area contributed by atoms with E-state index in [2.05, 4.69) is 41.4 Å². The maximum atomic E-state index is 12.3. The van der Waals surface area contributed by atoms with Gasteiger partial charge in [0.05, 0.1) is 20.6 Å². The van der Waals surface area contributed by atoms with Crippen molar-refractivity contribution in [2.45, 2.75) is 19.8 Å². The summed E-state index contributed by atoms with van der Waals surface area (Å²) in [5, 5.41) is 3.09. The van der Waals surface area contributed by atoms with Gasteiger partial charge in [-0.05, 0) is 48.6 Å². The van der Waals surface area contributed by atoms with Gasteiger partial charge in [-0.1, -0.05) is 24.3 Å². The van der Waals surface area contributed by atoms with E-state index in [4.69, 9.17) is 9.47 Å². The maximum absolute atomic E-state index is 12.3. The van der Waals surface area contributed by atoms with Gasteiger partial charge in [-0.15, -0.1) is 0 Å². The SMILES string of the molecule is COc1ccc(CC(=O)NC[C@H]2CCN(c3ccccc3C)C2)cc1OC. The predicted octanol–water partition coefficient (Wildman–Crippen LogP) is 3.20. The van der Waals surface area contributed by atoms with Crippen LogP contribution in [-0.2, 0) is 11.2 Å². The normalized spacial score (nSPS) is 16.3. The second kappa shape index (κ2) is 8.80.